The Bertz CT molecular complexity index is 406. The predicted octanol–water partition coefficient (Wildman–Crippen LogP) is 1.69. The molecule has 2 rings (SSSR count). The molecule has 1 aromatic carbocycles. The Balaban J connectivity index is 1.85. The van der Waals surface area contributed by atoms with Crippen LogP contribution in [0.15, 0.2) is 28.7 Å². The fourth-order valence-corrected chi connectivity index (χ4v) is 1.55. The first-order valence-corrected chi connectivity index (χ1v) is 5.56. The minimum atomic E-state index is 0.255. The van der Waals surface area contributed by atoms with Crippen LogP contribution in [0.1, 0.15) is 18.7 Å². The van der Waals surface area contributed by atoms with Crippen LogP contribution in [0, 0.1) is 0 Å². The van der Waals surface area contributed by atoms with Gasteiger partial charge in [-0.15, -0.1) is 0 Å². The second-order valence-electron chi connectivity index (χ2n) is 3.68. The maximum Gasteiger partial charge on any atom is 0.209 e. The SMILES string of the molecule is OCCCCNCc1nc2ccccc2o1. The molecule has 0 amide bonds. The van der Waals surface area contributed by atoms with Crippen LogP contribution in [0.2, 0.25) is 0 Å². The van der Waals surface area contributed by atoms with Gasteiger partial charge in [0.15, 0.2) is 5.58 Å². The molecule has 0 saturated carbocycles. The summed E-state index contributed by atoms with van der Waals surface area (Å²) in [5, 5.41) is 11.8. The van der Waals surface area contributed by atoms with Crippen LogP contribution in [0.5, 0.6) is 0 Å². The Morgan fingerprint density at radius 2 is 2.12 bits per heavy atom. The number of aliphatic hydroxyl groups excluding tert-OH is 1. The van der Waals surface area contributed by atoms with Crippen LogP contribution in [0.25, 0.3) is 11.1 Å². The third-order valence-electron chi connectivity index (χ3n) is 2.38. The summed E-state index contributed by atoms with van der Waals surface area (Å²) in [4.78, 5) is 4.35. The van der Waals surface area contributed by atoms with E-state index in [1.54, 1.807) is 0 Å². The van der Waals surface area contributed by atoms with E-state index in [-0.39, 0.29) is 6.61 Å². The third-order valence-corrected chi connectivity index (χ3v) is 2.38. The Labute approximate surface area is 94.3 Å². The molecule has 0 saturated heterocycles. The van der Waals surface area contributed by atoms with E-state index in [2.05, 4.69) is 10.3 Å². The highest BCUT2D eigenvalue weighted by Gasteiger charge is 2.03. The molecule has 0 bridgehead atoms. The Morgan fingerprint density at radius 1 is 1.25 bits per heavy atom. The van der Waals surface area contributed by atoms with Crippen LogP contribution >= 0.6 is 0 Å². The van der Waals surface area contributed by atoms with Gasteiger partial charge < -0.3 is 14.8 Å². The number of oxazole rings is 1. The number of nitrogens with zero attached hydrogens (tertiary/aromatic N) is 1. The maximum atomic E-state index is 8.62. The molecule has 0 radical (unpaired) electrons. The topological polar surface area (TPSA) is 58.3 Å². The fraction of sp³-hybridized carbons (Fsp3) is 0.417. The van der Waals surface area contributed by atoms with Crippen molar-refractivity contribution in [3.63, 3.8) is 0 Å². The second kappa shape index (κ2) is 5.63. The third kappa shape index (κ3) is 2.81. The highest BCUT2D eigenvalue weighted by molar-refractivity contribution is 5.72. The first-order chi connectivity index (χ1) is 7.90. The summed E-state index contributed by atoms with van der Waals surface area (Å²) in [6.07, 6.45) is 1.80. The molecule has 4 heteroatoms. The van der Waals surface area contributed by atoms with E-state index in [0.29, 0.717) is 12.4 Å². The van der Waals surface area contributed by atoms with Crippen molar-refractivity contribution in [1.82, 2.24) is 10.3 Å². The van der Waals surface area contributed by atoms with E-state index in [9.17, 15) is 0 Å². The van der Waals surface area contributed by atoms with E-state index in [1.165, 1.54) is 0 Å². The van der Waals surface area contributed by atoms with Gasteiger partial charge in [0.2, 0.25) is 5.89 Å². The summed E-state index contributed by atoms with van der Waals surface area (Å²) in [6.45, 7) is 1.77. The predicted molar refractivity (Wildman–Crippen MR) is 62.0 cm³/mol. The molecule has 86 valence electrons. The number of unbranched alkanes of at least 4 members (excludes halogenated alkanes) is 1. The van der Waals surface area contributed by atoms with Crippen LogP contribution in [0.3, 0.4) is 0 Å². The molecule has 0 fully saturated rings. The highest BCUT2D eigenvalue weighted by Crippen LogP contribution is 2.14. The Hall–Kier alpha value is -1.39. The zero-order chi connectivity index (χ0) is 11.2. The number of nitrogens with one attached hydrogen (secondary N) is 1. The lowest BCUT2D eigenvalue weighted by Crippen LogP contribution is -2.15. The number of para-hydroxylation sites is 2. The molecule has 1 aromatic heterocycles. The molecular formula is C12H16N2O2. The lowest BCUT2D eigenvalue weighted by molar-refractivity contribution is 0.283. The molecule has 0 aliphatic carbocycles. The number of benzene rings is 1. The fourth-order valence-electron chi connectivity index (χ4n) is 1.55. The molecular weight excluding hydrogens is 204 g/mol. The van der Waals surface area contributed by atoms with Gasteiger partial charge in [-0.1, -0.05) is 12.1 Å². The van der Waals surface area contributed by atoms with Crippen molar-refractivity contribution in [2.24, 2.45) is 0 Å². The van der Waals surface area contributed by atoms with E-state index in [1.807, 2.05) is 24.3 Å². The number of aliphatic hydroxyl groups is 1. The lowest BCUT2D eigenvalue weighted by atomic mass is 10.3. The molecule has 0 atom stereocenters. The highest BCUT2D eigenvalue weighted by atomic mass is 16.3. The Morgan fingerprint density at radius 3 is 2.94 bits per heavy atom. The van der Waals surface area contributed by atoms with Crippen LogP contribution in [-0.4, -0.2) is 23.2 Å². The molecule has 2 aromatic rings. The first kappa shape index (κ1) is 11.1. The van der Waals surface area contributed by atoms with Crippen LogP contribution in [0.4, 0.5) is 0 Å². The van der Waals surface area contributed by atoms with Crippen molar-refractivity contribution >= 4 is 11.1 Å². The normalized spacial score (nSPS) is 11.1. The molecule has 0 aliphatic rings. The van der Waals surface area contributed by atoms with E-state index in [4.69, 9.17) is 9.52 Å². The molecule has 1 heterocycles. The second-order valence-corrected chi connectivity index (χ2v) is 3.68. The van der Waals surface area contributed by atoms with Gasteiger partial charge in [-0.05, 0) is 31.5 Å². The summed E-state index contributed by atoms with van der Waals surface area (Å²) in [7, 11) is 0. The molecule has 16 heavy (non-hydrogen) atoms. The molecule has 0 unspecified atom stereocenters. The standard InChI is InChI=1S/C12H16N2O2/c15-8-4-3-7-13-9-12-14-10-5-1-2-6-11(10)16-12/h1-2,5-6,13,15H,3-4,7-9H2. The van der Waals surface area contributed by atoms with Gasteiger partial charge in [0.25, 0.3) is 0 Å². The van der Waals surface area contributed by atoms with Gasteiger partial charge in [-0.3, -0.25) is 0 Å². The van der Waals surface area contributed by atoms with Gasteiger partial charge in [0.05, 0.1) is 6.54 Å². The van der Waals surface area contributed by atoms with Gasteiger partial charge in [0, 0.05) is 6.61 Å². The average molecular weight is 220 g/mol. The first-order valence-electron chi connectivity index (χ1n) is 5.56. The monoisotopic (exact) mass is 220 g/mol. The minimum Gasteiger partial charge on any atom is -0.439 e. The van der Waals surface area contributed by atoms with Gasteiger partial charge >= 0.3 is 0 Å². The molecule has 0 aliphatic heterocycles. The number of aromatic nitrogens is 1. The largest absolute Gasteiger partial charge is 0.439 e. The van der Waals surface area contributed by atoms with Crippen LogP contribution < -0.4 is 5.32 Å². The lowest BCUT2D eigenvalue weighted by Gasteiger charge is -1.99. The molecule has 2 N–H and O–H groups in total. The van der Waals surface area contributed by atoms with E-state index in [0.717, 1.165) is 30.5 Å². The van der Waals surface area contributed by atoms with E-state index < -0.39 is 0 Å². The van der Waals surface area contributed by atoms with Gasteiger partial charge in [-0.2, -0.15) is 0 Å². The number of hydrogen-bond donors (Lipinski definition) is 2. The van der Waals surface area contributed by atoms with Crippen molar-refractivity contribution < 1.29 is 9.52 Å². The summed E-state index contributed by atoms with van der Waals surface area (Å²) >= 11 is 0. The summed E-state index contributed by atoms with van der Waals surface area (Å²) in [5.74, 6) is 0.713. The van der Waals surface area contributed by atoms with Crippen LogP contribution in [-0.2, 0) is 6.54 Å². The smallest absolute Gasteiger partial charge is 0.209 e. The Kier molecular flexibility index (Phi) is 3.91. The average Bonchev–Trinajstić information content (AvgIpc) is 2.71. The zero-order valence-corrected chi connectivity index (χ0v) is 9.15. The van der Waals surface area contributed by atoms with Crippen molar-refractivity contribution in [1.29, 1.82) is 0 Å². The van der Waals surface area contributed by atoms with Gasteiger partial charge in [-0.25, -0.2) is 4.98 Å². The van der Waals surface area contributed by atoms with Crippen molar-refractivity contribution in [2.45, 2.75) is 19.4 Å². The van der Waals surface area contributed by atoms with Crippen molar-refractivity contribution in [3.8, 4) is 0 Å². The zero-order valence-electron chi connectivity index (χ0n) is 9.15. The number of rotatable bonds is 6. The maximum absolute atomic E-state index is 8.62. The number of fused-ring (bicyclic) bond motifs is 1. The van der Waals surface area contributed by atoms with Crippen molar-refractivity contribution in [2.75, 3.05) is 13.2 Å². The molecule has 0 spiro atoms. The summed E-state index contributed by atoms with van der Waals surface area (Å²) < 4.78 is 5.55. The number of hydrogen-bond acceptors (Lipinski definition) is 4. The summed E-state index contributed by atoms with van der Waals surface area (Å²) in [6, 6.07) is 7.74. The van der Waals surface area contributed by atoms with Gasteiger partial charge in [0.1, 0.15) is 5.52 Å². The quantitative estimate of drug-likeness (QED) is 0.727. The summed E-state index contributed by atoms with van der Waals surface area (Å²) in [5.41, 5.74) is 1.73. The minimum absolute atomic E-state index is 0.255. The van der Waals surface area contributed by atoms with E-state index >= 15 is 0 Å². The van der Waals surface area contributed by atoms with Crippen molar-refractivity contribution in [3.05, 3.63) is 30.2 Å². The molecule has 4 nitrogen and oxygen atoms in total.